The van der Waals surface area contributed by atoms with Gasteiger partial charge in [0.25, 0.3) is 5.91 Å². The van der Waals surface area contributed by atoms with E-state index in [1.165, 1.54) is 12.1 Å². The number of carbonyl (C=O) groups is 1. The minimum absolute atomic E-state index is 0.0286. The number of nitrogens with two attached hydrogens (primary N) is 2. The first kappa shape index (κ1) is 19.1. The van der Waals surface area contributed by atoms with Crippen LogP contribution in [0.2, 0.25) is 0 Å². The van der Waals surface area contributed by atoms with Crippen LogP contribution >= 0.6 is 0 Å². The van der Waals surface area contributed by atoms with E-state index in [1.54, 1.807) is 26.0 Å². The molecule has 0 saturated heterocycles. The molecule has 1 unspecified atom stereocenters. The number of phenols is 1. The van der Waals surface area contributed by atoms with Crippen molar-refractivity contribution in [3.8, 4) is 5.75 Å². The summed E-state index contributed by atoms with van der Waals surface area (Å²) < 4.78 is 11.5. The van der Waals surface area contributed by atoms with E-state index in [0.29, 0.717) is 5.56 Å². The Morgan fingerprint density at radius 3 is 2.28 bits per heavy atom. The summed E-state index contributed by atoms with van der Waals surface area (Å²) in [6, 6.07) is 6.07. The van der Waals surface area contributed by atoms with E-state index in [0.717, 1.165) is 25.7 Å². The fourth-order valence-electron chi connectivity index (χ4n) is 2.69. The van der Waals surface area contributed by atoms with Gasteiger partial charge in [-0.15, -0.1) is 0 Å². The van der Waals surface area contributed by atoms with Crippen LogP contribution in [0.15, 0.2) is 34.3 Å². The molecule has 0 spiro atoms. The van der Waals surface area contributed by atoms with Gasteiger partial charge in [0.05, 0.1) is 0 Å². The molecule has 5 N–H and O–H groups in total. The number of hydrogen-bond acceptors (Lipinski definition) is 3. The molecule has 1 atom stereocenters. The summed E-state index contributed by atoms with van der Waals surface area (Å²) in [5.74, 6) is -0.683. The molecule has 136 valence electrons. The number of benzene rings is 1. The van der Waals surface area contributed by atoms with Crippen LogP contribution in [-0.2, 0) is 15.6 Å². The third-order valence-corrected chi connectivity index (χ3v) is 6.49. The first-order valence-corrected chi connectivity index (χ1v) is 9.36. The van der Waals surface area contributed by atoms with Gasteiger partial charge in [0.1, 0.15) is 16.3 Å². The zero-order chi connectivity index (χ0) is 18.6. The molecule has 1 aromatic rings. The zero-order valence-corrected chi connectivity index (χ0v) is 15.3. The molecule has 0 aliphatic heterocycles. The first-order chi connectivity index (χ1) is 11.7. The van der Waals surface area contributed by atoms with Gasteiger partial charge in [-0.1, -0.05) is 12.8 Å². The van der Waals surface area contributed by atoms with E-state index < -0.39 is 21.5 Å². The van der Waals surface area contributed by atoms with Crippen LogP contribution in [0, 0.1) is 0 Å². The Bertz CT molecular complexity index is 720. The van der Waals surface area contributed by atoms with E-state index >= 15 is 0 Å². The molecule has 7 nitrogen and oxygen atoms in total. The molecule has 0 radical (unpaired) electrons. The number of aromatic hydroxyl groups is 1. The molecule has 1 saturated carbocycles. The number of nitrogens with zero attached hydrogens (tertiary/aromatic N) is 2. The van der Waals surface area contributed by atoms with Crippen LogP contribution in [0.4, 0.5) is 0 Å². The van der Waals surface area contributed by atoms with Crippen molar-refractivity contribution in [1.82, 2.24) is 0 Å². The number of hydrogen-bond donors (Lipinski definition) is 3. The van der Waals surface area contributed by atoms with Crippen molar-refractivity contribution in [3.63, 3.8) is 0 Å². The minimum Gasteiger partial charge on any atom is -0.508 e. The van der Waals surface area contributed by atoms with Crippen LogP contribution in [0.25, 0.3) is 0 Å². The highest BCUT2D eigenvalue weighted by molar-refractivity contribution is 7.87. The van der Waals surface area contributed by atoms with E-state index in [1.807, 2.05) is 0 Å². The van der Waals surface area contributed by atoms with Crippen molar-refractivity contribution in [3.05, 3.63) is 29.8 Å². The van der Waals surface area contributed by atoms with Crippen LogP contribution < -0.4 is 11.5 Å². The summed E-state index contributed by atoms with van der Waals surface area (Å²) in [6.07, 6.45) is 3.82. The maximum absolute atomic E-state index is 12.7. The standard InChI is InChI=1S/C17H24N4O3S/c1-17(2,25(24)13-5-3-4-6-13)15(23)21-16(19)20-14(18)11-7-9-12(22)10-8-11/h7-10,13,22H,3-6H2,1-2H3,(H4,18,19,20,21,23). The Kier molecular flexibility index (Phi) is 5.94. The molecular weight excluding hydrogens is 340 g/mol. The van der Waals surface area contributed by atoms with Crippen molar-refractivity contribution < 1.29 is 14.1 Å². The number of guanidine groups is 1. The quantitative estimate of drug-likeness (QED) is 0.549. The molecule has 0 heterocycles. The lowest BCUT2D eigenvalue weighted by molar-refractivity contribution is -0.119. The summed E-state index contributed by atoms with van der Waals surface area (Å²) in [5.41, 5.74) is 12.1. The predicted octanol–water partition coefficient (Wildman–Crippen LogP) is 1.41. The van der Waals surface area contributed by atoms with Crippen molar-refractivity contribution in [2.75, 3.05) is 0 Å². The Hall–Kier alpha value is -2.22. The van der Waals surface area contributed by atoms with Crippen molar-refractivity contribution in [1.29, 1.82) is 0 Å². The van der Waals surface area contributed by atoms with Gasteiger partial charge in [-0.05, 0) is 51.0 Å². The second kappa shape index (κ2) is 7.77. The zero-order valence-electron chi connectivity index (χ0n) is 14.4. The third-order valence-electron chi connectivity index (χ3n) is 4.24. The largest absolute Gasteiger partial charge is 0.508 e. The average Bonchev–Trinajstić information content (AvgIpc) is 3.08. The number of carbonyl (C=O) groups excluding carboxylic acids is 1. The Labute approximate surface area is 149 Å². The molecule has 1 aliphatic rings. The highest BCUT2D eigenvalue weighted by Crippen LogP contribution is 2.29. The Balaban J connectivity index is 2.14. The second-order valence-electron chi connectivity index (χ2n) is 6.53. The normalized spacial score (nSPS) is 18.3. The van der Waals surface area contributed by atoms with E-state index in [-0.39, 0.29) is 22.8 Å². The molecule has 0 aromatic heterocycles. The van der Waals surface area contributed by atoms with Gasteiger partial charge >= 0.3 is 0 Å². The number of phenolic OH excluding ortho intramolecular Hbond substituents is 1. The highest BCUT2D eigenvalue weighted by atomic mass is 32.2. The van der Waals surface area contributed by atoms with E-state index in [4.69, 9.17) is 11.5 Å². The summed E-state index contributed by atoms with van der Waals surface area (Å²) in [6.45, 7) is 3.24. The predicted molar refractivity (Wildman–Crippen MR) is 99.9 cm³/mol. The molecule has 25 heavy (non-hydrogen) atoms. The smallest absolute Gasteiger partial charge is 0.267 e. The molecule has 2 rings (SSSR count). The number of amides is 1. The van der Waals surface area contributed by atoms with Crippen molar-refractivity contribution in [2.45, 2.75) is 49.5 Å². The molecule has 1 aromatic carbocycles. The fourth-order valence-corrected chi connectivity index (χ4v) is 4.50. The SMILES string of the molecule is CC(C)(C(=O)N=C(N)/N=C(\N)c1ccc(O)cc1)S(=O)C1CCCC1. The average molecular weight is 364 g/mol. The summed E-state index contributed by atoms with van der Waals surface area (Å²) in [5, 5.41) is 9.30. The summed E-state index contributed by atoms with van der Waals surface area (Å²) >= 11 is 0. The maximum atomic E-state index is 12.7. The number of amidine groups is 1. The van der Waals surface area contributed by atoms with Gasteiger partial charge in [0.15, 0.2) is 0 Å². The number of rotatable bonds is 4. The van der Waals surface area contributed by atoms with E-state index in [2.05, 4.69) is 9.98 Å². The molecule has 0 bridgehead atoms. The first-order valence-electron chi connectivity index (χ1n) is 8.14. The minimum atomic E-state index is -1.32. The van der Waals surface area contributed by atoms with E-state index in [9.17, 15) is 14.1 Å². The molecule has 8 heteroatoms. The van der Waals surface area contributed by atoms with Gasteiger partial charge in [-0.2, -0.15) is 9.98 Å². The molecular formula is C17H24N4O3S. The summed E-state index contributed by atoms with van der Waals surface area (Å²) in [4.78, 5) is 20.1. The second-order valence-corrected chi connectivity index (χ2v) is 8.82. The maximum Gasteiger partial charge on any atom is 0.267 e. The lowest BCUT2D eigenvalue weighted by atomic mass is 10.2. The van der Waals surface area contributed by atoms with Crippen LogP contribution in [0.5, 0.6) is 5.75 Å². The van der Waals surface area contributed by atoms with Crippen molar-refractivity contribution in [2.24, 2.45) is 21.5 Å². The molecule has 1 fully saturated rings. The topological polar surface area (TPSA) is 131 Å². The Morgan fingerprint density at radius 2 is 1.72 bits per heavy atom. The van der Waals surface area contributed by atoms with Gasteiger partial charge in [-0.3, -0.25) is 9.00 Å². The van der Waals surface area contributed by atoms with Gasteiger partial charge in [0, 0.05) is 21.6 Å². The lowest BCUT2D eigenvalue weighted by Crippen LogP contribution is -2.41. The molecule has 1 aliphatic carbocycles. The van der Waals surface area contributed by atoms with Crippen LogP contribution in [0.1, 0.15) is 45.1 Å². The van der Waals surface area contributed by atoms with Crippen molar-refractivity contribution >= 4 is 28.5 Å². The monoisotopic (exact) mass is 364 g/mol. The van der Waals surface area contributed by atoms with Gasteiger partial charge in [0.2, 0.25) is 5.96 Å². The van der Waals surface area contributed by atoms with Crippen LogP contribution in [0.3, 0.4) is 0 Å². The van der Waals surface area contributed by atoms with Crippen LogP contribution in [-0.4, -0.2) is 37.0 Å². The fraction of sp³-hybridized carbons (Fsp3) is 0.471. The third kappa shape index (κ3) is 4.66. The summed E-state index contributed by atoms with van der Waals surface area (Å²) in [7, 11) is -1.32. The lowest BCUT2D eigenvalue weighted by Gasteiger charge is -2.23. The highest BCUT2D eigenvalue weighted by Gasteiger charge is 2.39. The number of aliphatic imine (C=N–C) groups is 2. The van der Waals surface area contributed by atoms with Gasteiger partial charge < -0.3 is 16.6 Å². The Morgan fingerprint density at radius 1 is 1.16 bits per heavy atom. The molecule has 1 amide bonds. The van der Waals surface area contributed by atoms with Gasteiger partial charge in [-0.25, -0.2) is 0 Å².